The van der Waals surface area contributed by atoms with Crippen molar-refractivity contribution in [2.24, 2.45) is 5.73 Å². The zero-order chi connectivity index (χ0) is 8.55. The van der Waals surface area contributed by atoms with E-state index < -0.39 is 0 Å². The molecule has 0 saturated carbocycles. The first-order valence-corrected chi connectivity index (χ1v) is 4.44. The van der Waals surface area contributed by atoms with Gasteiger partial charge in [-0.15, -0.1) is 0 Å². The van der Waals surface area contributed by atoms with Crippen LogP contribution in [0.25, 0.3) is 5.65 Å². The Balaban J connectivity index is 2.78. The van der Waals surface area contributed by atoms with Gasteiger partial charge in [-0.05, 0) is 28.1 Å². The van der Waals surface area contributed by atoms with Gasteiger partial charge >= 0.3 is 0 Å². The number of pyridine rings is 1. The number of fused-ring (bicyclic) bond motifs is 1. The first kappa shape index (κ1) is 7.76. The molecule has 2 N–H and O–H groups in total. The molecular formula is C8H8BrN3. The molecule has 0 saturated heterocycles. The topological polar surface area (TPSA) is 43.3 Å². The molecule has 0 amide bonds. The minimum atomic E-state index is 0.461. The summed E-state index contributed by atoms with van der Waals surface area (Å²) in [5.41, 5.74) is 7.32. The molecule has 2 rings (SSSR count). The van der Waals surface area contributed by atoms with Gasteiger partial charge in [0.1, 0.15) is 10.3 Å². The number of aromatic nitrogens is 2. The second-order valence-electron chi connectivity index (χ2n) is 2.48. The van der Waals surface area contributed by atoms with Crippen LogP contribution in [-0.2, 0) is 6.54 Å². The Hall–Kier alpha value is -0.870. The lowest BCUT2D eigenvalue weighted by Crippen LogP contribution is -1.96. The molecule has 2 aromatic rings. The summed E-state index contributed by atoms with van der Waals surface area (Å²) in [6, 6.07) is 5.86. The summed E-state index contributed by atoms with van der Waals surface area (Å²) < 4.78 is 2.91. The van der Waals surface area contributed by atoms with Crippen LogP contribution in [0.1, 0.15) is 5.69 Å². The zero-order valence-corrected chi connectivity index (χ0v) is 7.95. The number of nitrogens with two attached hydrogens (primary N) is 1. The highest BCUT2D eigenvalue weighted by Crippen LogP contribution is 2.17. The van der Waals surface area contributed by atoms with Crippen LogP contribution in [0.3, 0.4) is 0 Å². The summed E-state index contributed by atoms with van der Waals surface area (Å²) in [5, 5.41) is 0. The van der Waals surface area contributed by atoms with Gasteiger partial charge in [0.2, 0.25) is 0 Å². The van der Waals surface area contributed by atoms with E-state index in [2.05, 4.69) is 20.9 Å². The molecule has 4 heteroatoms. The monoisotopic (exact) mass is 225 g/mol. The molecule has 0 bridgehead atoms. The van der Waals surface area contributed by atoms with Gasteiger partial charge < -0.3 is 5.73 Å². The predicted molar refractivity (Wildman–Crippen MR) is 50.8 cm³/mol. The maximum Gasteiger partial charge on any atom is 0.137 e. The van der Waals surface area contributed by atoms with Crippen LogP contribution < -0.4 is 5.73 Å². The van der Waals surface area contributed by atoms with Crippen LogP contribution in [0.4, 0.5) is 0 Å². The number of hydrogen-bond acceptors (Lipinski definition) is 2. The van der Waals surface area contributed by atoms with E-state index in [1.165, 1.54) is 0 Å². The molecule has 2 aromatic heterocycles. The van der Waals surface area contributed by atoms with Crippen molar-refractivity contribution in [1.82, 2.24) is 9.38 Å². The Labute approximate surface area is 78.3 Å². The van der Waals surface area contributed by atoms with E-state index in [4.69, 9.17) is 5.73 Å². The fourth-order valence-corrected chi connectivity index (χ4v) is 1.69. The lowest BCUT2D eigenvalue weighted by molar-refractivity contribution is 1.00. The van der Waals surface area contributed by atoms with Gasteiger partial charge in [-0.1, -0.05) is 6.07 Å². The van der Waals surface area contributed by atoms with Gasteiger partial charge in [0.15, 0.2) is 0 Å². The molecule has 0 atom stereocenters. The fraction of sp³-hybridized carbons (Fsp3) is 0.125. The average molecular weight is 226 g/mol. The SMILES string of the molecule is NCc1nc2ccccn2c1Br. The van der Waals surface area contributed by atoms with Crippen molar-refractivity contribution in [3.8, 4) is 0 Å². The van der Waals surface area contributed by atoms with Crippen LogP contribution in [0.15, 0.2) is 29.0 Å². The normalized spacial score (nSPS) is 10.8. The first-order chi connectivity index (χ1) is 5.83. The van der Waals surface area contributed by atoms with Crippen molar-refractivity contribution >= 4 is 21.6 Å². The van der Waals surface area contributed by atoms with Gasteiger partial charge in [0, 0.05) is 12.7 Å². The van der Waals surface area contributed by atoms with Crippen molar-refractivity contribution in [1.29, 1.82) is 0 Å². The van der Waals surface area contributed by atoms with E-state index in [0.717, 1.165) is 15.9 Å². The average Bonchev–Trinajstić information content (AvgIpc) is 2.44. The van der Waals surface area contributed by atoms with Gasteiger partial charge in [-0.3, -0.25) is 4.40 Å². The summed E-state index contributed by atoms with van der Waals surface area (Å²) in [4.78, 5) is 4.32. The van der Waals surface area contributed by atoms with Crippen molar-refractivity contribution in [3.63, 3.8) is 0 Å². The standard InChI is InChI=1S/C8H8BrN3/c9-8-6(5-10)11-7-3-1-2-4-12(7)8/h1-4H,5,10H2. The summed E-state index contributed by atoms with van der Waals surface area (Å²) in [6.07, 6.45) is 1.95. The van der Waals surface area contributed by atoms with Gasteiger partial charge in [-0.25, -0.2) is 4.98 Å². The Morgan fingerprint density at radius 2 is 2.33 bits per heavy atom. The Kier molecular flexibility index (Phi) is 1.86. The van der Waals surface area contributed by atoms with E-state index in [9.17, 15) is 0 Å². The molecule has 3 nitrogen and oxygen atoms in total. The highest BCUT2D eigenvalue weighted by molar-refractivity contribution is 9.10. The van der Waals surface area contributed by atoms with Crippen LogP contribution in [0.5, 0.6) is 0 Å². The molecule has 2 heterocycles. The lowest BCUT2D eigenvalue weighted by atomic mass is 10.5. The Bertz CT molecular complexity index is 408. The number of imidazole rings is 1. The third-order valence-electron chi connectivity index (χ3n) is 1.73. The van der Waals surface area contributed by atoms with Crippen molar-refractivity contribution in [2.75, 3.05) is 0 Å². The maximum atomic E-state index is 5.51. The van der Waals surface area contributed by atoms with Gasteiger partial charge in [0.05, 0.1) is 5.69 Å². The predicted octanol–water partition coefficient (Wildman–Crippen LogP) is 1.56. The Morgan fingerprint density at radius 3 is 3.00 bits per heavy atom. The van der Waals surface area contributed by atoms with E-state index in [1.54, 1.807) is 0 Å². The Morgan fingerprint density at radius 1 is 1.50 bits per heavy atom. The van der Waals surface area contributed by atoms with E-state index in [-0.39, 0.29) is 0 Å². The molecule has 0 aromatic carbocycles. The van der Waals surface area contributed by atoms with Crippen LogP contribution in [-0.4, -0.2) is 9.38 Å². The van der Waals surface area contributed by atoms with Gasteiger partial charge in [-0.2, -0.15) is 0 Å². The third-order valence-corrected chi connectivity index (χ3v) is 2.57. The molecule has 0 aliphatic rings. The summed E-state index contributed by atoms with van der Waals surface area (Å²) in [6.45, 7) is 0.461. The first-order valence-electron chi connectivity index (χ1n) is 3.64. The molecule has 62 valence electrons. The molecule has 0 aliphatic heterocycles. The van der Waals surface area contributed by atoms with E-state index in [0.29, 0.717) is 6.54 Å². The minimum absolute atomic E-state index is 0.461. The minimum Gasteiger partial charge on any atom is -0.325 e. The van der Waals surface area contributed by atoms with Crippen LogP contribution >= 0.6 is 15.9 Å². The second-order valence-corrected chi connectivity index (χ2v) is 3.23. The fourth-order valence-electron chi connectivity index (χ4n) is 1.14. The van der Waals surface area contributed by atoms with Crippen molar-refractivity contribution < 1.29 is 0 Å². The summed E-state index contributed by atoms with van der Waals surface area (Å²) in [5.74, 6) is 0. The number of rotatable bonds is 1. The van der Waals surface area contributed by atoms with Gasteiger partial charge in [0.25, 0.3) is 0 Å². The number of hydrogen-bond donors (Lipinski definition) is 1. The van der Waals surface area contributed by atoms with Crippen molar-refractivity contribution in [3.05, 3.63) is 34.7 Å². The molecule has 0 radical (unpaired) electrons. The quantitative estimate of drug-likeness (QED) is 0.801. The second kappa shape index (κ2) is 2.88. The lowest BCUT2D eigenvalue weighted by Gasteiger charge is -1.92. The van der Waals surface area contributed by atoms with E-state index >= 15 is 0 Å². The highest BCUT2D eigenvalue weighted by atomic mass is 79.9. The third kappa shape index (κ3) is 1.04. The molecular weight excluding hydrogens is 218 g/mol. The smallest absolute Gasteiger partial charge is 0.137 e. The van der Waals surface area contributed by atoms with Crippen LogP contribution in [0, 0.1) is 0 Å². The molecule has 0 aliphatic carbocycles. The molecule has 12 heavy (non-hydrogen) atoms. The maximum absolute atomic E-state index is 5.51. The van der Waals surface area contributed by atoms with Crippen molar-refractivity contribution in [2.45, 2.75) is 6.54 Å². The number of nitrogens with zero attached hydrogens (tertiary/aromatic N) is 2. The zero-order valence-electron chi connectivity index (χ0n) is 6.37. The molecule has 0 unspecified atom stereocenters. The summed E-state index contributed by atoms with van der Waals surface area (Å²) in [7, 11) is 0. The molecule has 0 spiro atoms. The number of halogens is 1. The van der Waals surface area contributed by atoms with E-state index in [1.807, 2.05) is 28.8 Å². The van der Waals surface area contributed by atoms with Crippen LogP contribution in [0.2, 0.25) is 0 Å². The molecule has 0 fully saturated rings. The largest absolute Gasteiger partial charge is 0.325 e. The highest BCUT2D eigenvalue weighted by Gasteiger charge is 2.05. The summed E-state index contributed by atoms with van der Waals surface area (Å²) >= 11 is 3.43.